The van der Waals surface area contributed by atoms with Crippen LogP contribution >= 0.6 is 0 Å². The Bertz CT molecular complexity index is 819. The molecule has 0 saturated carbocycles. The number of aromatic nitrogens is 2. The number of nitrogens with zero attached hydrogens (tertiary/aromatic N) is 2. The van der Waals surface area contributed by atoms with Gasteiger partial charge in [-0.3, -0.25) is 0 Å². The van der Waals surface area contributed by atoms with Gasteiger partial charge in [-0.1, -0.05) is 24.3 Å². The molecule has 1 unspecified atom stereocenters. The average Bonchev–Trinajstić information content (AvgIpc) is 2.86. The minimum atomic E-state index is 0.288. The van der Waals surface area contributed by atoms with E-state index >= 15 is 0 Å². The molecule has 2 heterocycles. The van der Waals surface area contributed by atoms with Crippen molar-refractivity contribution in [3.8, 4) is 0 Å². The quantitative estimate of drug-likeness (QED) is 0.671. The molecular formula is C17H18N4. The summed E-state index contributed by atoms with van der Waals surface area (Å²) < 4.78 is 2.12. The molecule has 1 atom stereocenters. The molecule has 4 heteroatoms. The highest BCUT2D eigenvalue weighted by atomic mass is 15.4. The average molecular weight is 278 g/mol. The minimum Gasteiger partial charge on any atom is -0.399 e. The Morgan fingerprint density at radius 1 is 1.24 bits per heavy atom. The molecule has 0 amide bonds. The molecule has 0 bridgehead atoms. The van der Waals surface area contributed by atoms with Crippen LogP contribution in [0.3, 0.4) is 0 Å². The molecule has 3 aromatic rings. The van der Waals surface area contributed by atoms with Crippen molar-refractivity contribution in [1.29, 1.82) is 0 Å². The Morgan fingerprint density at radius 2 is 2.10 bits per heavy atom. The van der Waals surface area contributed by atoms with Gasteiger partial charge in [-0.25, -0.2) is 4.68 Å². The molecule has 0 radical (unpaired) electrons. The number of fused-ring (bicyclic) bond motifs is 3. The molecule has 1 aliphatic rings. The first kappa shape index (κ1) is 12.3. The largest absolute Gasteiger partial charge is 0.399 e. The molecule has 4 nitrogen and oxygen atoms in total. The van der Waals surface area contributed by atoms with Gasteiger partial charge in [-0.2, -0.15) is 5.10 Å². The number of rotatable bonds is 1. The third-order valence-corrected chi connectivity index (χ3v) is 4.27. The summed E-state index contributed by atoms with van der Waals surface area (Å²) >= 11 is 0. The lowest BCUT2D eigenvalue weighted by molar-refractivity contribution is 0.484. The first-order valence-electron chi connectivity index (χ1n) is 7.31. The standard InChI is InChI=1S/C17H18N4/c1-11-4-2-3-5-13(11)16-8-9-19-17-14-10-12(18)6-7-15(14)20-21(16)17/h2-7,10,16,19H,8-9,18H2,1H3. The normalized spacial score (nSPS) is 17.5. The van der Waals surface area contributed by atoms with Crippen LogP contribution in [0, 0.1) is 6.92 Å². The predicted octanol–water partition coefficient (Wildman–Crippen LogP) is 3.33. The topological polar surface area (TPSA) is 55.9 Å². The molecule has 0 aliphatic carbocycles. The Balaban J connectivity index is 1.92. The second kappa shape index (κ2) is 4.52. The number of aryl methyl sites for hydroxylation is 1. The first-order valence-corrected chi connectivity index (χ1v) is 7.31. The molecule has 106 valence electrons. The fraction of sp³-hybridized carbons (Fsp3) is 0.235. The zero-order chi connectivity index (χ0) is 14.4. The van der Waals surface area contributed by atoms with E-state index < -0.39 is 0 Å². The number of hydrogen-bond donors (Lipinski definition) is 2. The van der Waals surface area contributed by atoms with E-state index in [2.05, 4.69) is 41.2 Å². The third kappa shape index (κ3) is 1.87. The van der Waals surface area contributed by atoms with Crippen LogP contribution in [0.15, 0.2) is 42.5 Å². The van der Waals surface area contributed by atoms with E-state index in [0.29, 0.717) is 0 Å². The summed E-state index contributed by atoms with van der Waals surface area (Å²) in [5.74, 6) is 1.08. The molecule has 2 aromatic carbocycles. The predicted molar refractivity (Wildman–Crippen MR) is 86.6 cm³/mol. The summed E-state index contributed by atoms with van der Waals surface area (Å²) in [6, 6.07) is 14.7. The van der Waals surface area contributed by atoms with E-state index in [-0.39, 0.29) is 6.04 Å². The van der Waals surface area contributed by atoms with E-state index in [4.69, 9.17) is 10.8 Å². The third-order valence-electron chi connectivity index (χ3n) is 4.27. The van der Waals surface area contributed by atoms with Gasteiger partial charge >= 0.3 is 0 Å². The van der Waals surface area contributed by atoms with Crippen molar-refractivity contribution in [2.45, 2.75) is 19.4 Å². The number of hydrogen-bond acceptors (Lipinski definition) is 3. The van der Waals surface area contributed by atoms with Crippen molar-refractivity contribution in [1.82, 2.24) is 9.78 Å². The van der Waals surface area contributed by atoms with Crippen LogP contribution in [-0.4, -0.2) is 16.3 Å². The lowest BCUT2D eigenvalue weighted by atomic mass is 9.98. The fourth-order valence-electron chi connectivity index (χ4n) is 3.22. The van der Waals surface area contributed by atoms with Crippen molar-refractivity contribution in [3.05, 3.63) is 53.6 Å². The fourth-order valence-corrected chi connectivity index (χ4v) is 3.22. The maximum Gasteiger partial charge on any atom is 0.133 e. The second-order valence-electron chi connectivity index (χ2n) is 5.66. The summed E-state index contributed by atoms with van der Waals surface area (Å²) in [5, 5.41) is 9.37. The number of nitrogen functional groups attached to an aromatic ring is 1. The van der Waals surface area contributed by atoms with Gasteiger partial charge in [0.1, 0.15) is 5.82 Å². The lowest BCUT2D eigenvalue weighted by Gasteiger charge is -2.27. The first-order chi connectivity index (χ1) is 10.2. The van der Waals surface area contributed by atoms with E-state index in [9.17, 15) is 0 Å². The maximum absolute atomic E-state index is 5.92. The van der Waals surface area contributed by atoms with Crippen molar-refractivity contribution in [3.63, 3.8) is 0 Å². The number of nitrogens with two attached hydrogens (primary N) is 1. The summed E-state index contributed by atoms with van der Waals surface area (Å²) in [6.07, 6.45) is 1.04. The van der Waals surface area contributed by atoms with Crippen molar-refractivity contribution in [2.24, 2.45) is 0 Å². The van der Waals surface area contributed by atoms with Gasteiger partial charge in [0.2, 0.25) is 0 Å². The summed E-state index contributed by atoms with van der Waals surface area (Å²) in [5.41, 5.74) is 10.4. The monoisotopic (exact) mass is 278 g/mol. The van der Waals surface area contributed by atoms with Gasteiger partial charge in [-0.05, 0) is 42.7 Å². The lowest BCUT2D eigenvalue weighted by Crippen LogP contribution is -2.24. The van der Waals surface area contributed by atoms with Crippen molar-refractivity contribution in [2.75, 3.05) is 17.6 Å². The van der Waals surface area contributed by atoms with Gasteiger partial charge in [0.05, 0.1) is 11.6 Å². The van der Waals surface area contributed by atoms with E-state index in [1.807, 2.05) is 18.2 Å². The van der Waals surface area contributed by atoms with Crippen LogP contribution in [0.2, 0.25) is 0 Å². The minimum absolute atomic E-state index is 0.288. The molecule has 0 fully saturated rings. The zero-order valence-corrected chi connectivity index (χ0v) is 12.0. The van der Waals surface area contributed by atoms with E-state index in [1.54, 1.807) is 0 Å². The smallest absolute Gasteiger partial charge is 0.133 e. The van der Waals surface area contributed by atoms with Crippen molar-refractivity contribution >= 4 is 22.4 Å². The van der Waals surface area contributed by atoms with Crippen LogP contribution in [-0.2, 0) is 0 Å². The van der Waals surface area contributed by atoms with Crippen LogP contribution in [0.4, 0.5) is 11.5 Å². The zero-order valence-electron chi connectivity index (χ0n) is 12.0. The molecule has 21 heavy (non-hydrogen) atoms. The highest BCUT2D eigenvalue weighted by molar-refractivity contribution is 5.92. The molecular weight excluding hydrogens is 260 g/mol. The Morgan fingerprint density at radius 3 is 2.95 bits per heavy atom. The van der Waals surface area contributed by atoms with Crippen LogP contribution in [0.1, 0.15) is 23.6 Å². The van der Waals surface area contributed by atoms with Crippen LogP contribution in [0.5, 0.6) is 0 Å². The maximum atomic E-state index is 5.92. The Hall–Kier alpha value is -2.49. The number of nitrogens with one attached hydrogen (secondary N) is 1. The van der Waals surface area contributed by atoms with Gasteiger partial charge < -0.3 is 11.1 Å². The Labute approximate surface area is 123 Å². The summed E-state index contributed by atoms with van der Waals surface area (Å²) in [6.45, 7) is 3.12. The molecule has 0 saturated heterocycles. The SMILES string of the molecule is Cc1ccccc1C1CCNc2c3cc(N)ccc3nn21. The molecule has 1 aromatic heterocycles. The van der Waals surface area contributed by atoms with E-state index in [1.165, 1.54) is 11.1 Å². The molecule has 0 spiro atoms. The number of benzene rings is 2. The summed E-state index contributed by atoms with van der Waals surface area (Å²) in [4.78, 5) is 0. The second-order valence-corrected chi connectivity index (χ2v) is 5.66. The van der Waals surface area contributed by atoms with Crippen LogP contribution in [0.25, 0.3) is 10.9 Å². The van der Waals surface area contributed by atoms with Gasteiger partial charge in [0, 0.05) is 17.6 Å². The number of anilines is 2. The Kier molecular flexibility index (Phi) is 2.64. The van der Waals surface area contributed by atoms with Crippen molar-refractivity contribution < 1.29 is 0 Å². The van der Waals surface area contributed by atoms with E-state index in [0.717, 1.165) is 35.4 Å². The van der Waals surface area contributed by atoms with Gasteiger partial charge in [0.25, 0.3) is 0 Å². The van der Waals surface area contributed by atoms with Crippen LogP contribution < -0.4 is 11.1 Å². The highest BCUT2D eigenvalue weighted by Gasteiger charge is 2.25. The van der Waals surface area contributed by atoms with Gasteiger partial charge in [0.15, 0.2) is 0 Å². The highest BCUT2D eigenvalue weighted by Crippen LogP contribution is 2.35. The molecule has 1 aliphatic heterocycles. The van der Waals surface area contributed by atoms with Gasteiger partial charge in [-0.15, -0.1) is 0 Å². The molecule has 4 rings (SSSR count). The molecule has 3 N–H and O–H groups in total. The summed E-state index contributed by atoms with van der Waals surface area (Å²) in [7, 11) is 0.